The number of esters is 1. The summed E-state index contributed by atoms with van der Waals surface area (Å²) in [5, 5.41) is 12.2. The number of amides is 2. The number of benzene rings is 5. The van der Waals surface area contributed by atoms with Crippen molar-refractivity contribution >= 4 is 63.3 Å². The molecule has 2 N–H and O–H groups in total. The van der Waals surface area contributed by atoms with Gasteiger partial charge in [0.2, 0.25) is 0 Å². The second-order valence-electron chi connectivity index (χ2n) is 14.0. The van der Waals surface area contributed by atoms with Crippen molar-refractivity contribution in [3.63, 3.8) is 0 Å². The Balaban J connectivity index is 1.05. The molecule has 1 unspecified atom stereocenters. The molecule has 0 radical (unpaired) electrons. The molecule has 0 saturated carbocycles. The number of nitrogens with one attached hydrogen (secondary N) is 2. The summed E-state index contributed by atoms with van der Waals surface area (Å²) < 4.78 is 6.17. The third-order valence-electron chi connectivity index (χ3n) is 10.3. The molecule has 2 amide bonds. The number of halogens is 1. The van der Waals surface area contributed by atoms with Gasteiger partial charge in [-0.3, -0.25) is 14.5 Å². The van der Waals surface area contributed by atoms with Crippen LogP contribution < -0.4 is 10.6 Å². The number of ether oxygens (including phenoxy) is 1. The van der Waals surface area contributed by atoms with Gasteiger partial charge in [0.05, 0.1) is 0 Å². The number of fused-ring (bicyclic) bond motifs is 1. The van der Waals surface area contributed by atoms with Crippen LogP contribution >= 0.6 is 34.7 Å². The largest absolute Gasteiger partial charge is 0.448 e. The van der Waals surface area contributed by atoms with Gasteiger partial charge in [-0.05, 0) is 33.4 Å². The van der Waals surface area contributed by atoms with Gasteiger partial charge in [0.1, 0.15) is 28.3 Å². The number of alkyl halides is 1. The van der Waals surface area contributed by atoms with E-state index in [4.69, 9.17) is 32.6 Å². The average molecular weight is 864 g/mol. The van der Waals surface area contributed by atoms with Crippen molar-refractivity contribution in [3.8, 4) is 12.3 Å². The van der Waals surface area contributed by atoms with E-state index in [1.54, 1.807) is 5.38 Å². The Bertz CT molecular complexity index is 2470. The van der Waals surface area contributed by atoms with Crippen LogP contribution in [0.5, 0.6) is 0 Å². The monoisotopic (exact) mass is 863 g/mol. The van der Waals surface area contributed by atoms with Crippen LogP contribution in [0.3, 0.4) is 0 Å². The molecule has 13 heteroatoms. The van der Waals surface area contributed by atoms with Crippen molar-refractivity contribution in [2.24, 2.45) is 5.16 Å². The normalized spacial score (nSPS) is 16.2. The molecule has 10 nitrogen and oxygen atoms in total. The van der Waals surface area contributed by atoms with Gasteiger partial charge >= 0.3 is 5.97 Å². The Morgan fingerprint density at radius 2 is 1.38 bits per heavy atom. The van der Waals surface area contributed by atoms with Crippen LogP contribution in [0, 0.1) is 12.3 Å². The second kappa shape index (κ2) is 18.7. The van der Waals surface area contributed by atoms with Crippen molar-refractivity contribution < 1.29 is 24.0 Å². The lowest BCUT2D eigenvalue weighted by molar-refractivity contribution is -0.154. The number of terminal acetylenes is 1. The van der Waals surface area contributed by atoms with Crippen LogP contribution in [0.1, 0.15) is 39.6 Å². The summed E-state index contributed by atoms with van der Waals surface area (Å²) in [4.78, 5) is 53.9. The van der Waals surface area contributed by atoms with Gasteiger partial charge in [0.25, 0.3) is 11.8 Å². The Labute approximate surface area is 366 Å². The summed E-state index contributed by atoms with van der Waals surface area (Å²) in [7, 11) is 0. The fourth-order valence-electron chi connectivity index (χ4n) is 7.45. The highest BCUT2D eigenvalue weighted by molar-refractivity contribution is 8.00. The quantitative estimate of drug-likeness (QED) is 0.0155. The summed E-state index contributed by atoms with van der Waals surface area (Å²) in [6, 6.07) is 47.9. The van der Waals surface area contributed by atoms with Crippen LogP contribution in [-0.4, -0.2) is 63.0 Å². The summed E-state index contributed by atoms with van der Waals surface area (Å²) in [5.74, 6) is 0.804. The van der Waals surface area contributed by atoms with E-state index in [1.165, 1.54) is 28.0 Å². The van der Waals surface area contributed by atoms with Crippen molar-refractivity contribution in [2.75, 3.05) is 23.6 Å². The molecule has 0 spiro atoms. The summed E-state index contributed by atoms with van der Waals surface area (Å²) in [6.07, 6.45) is 4.72. The lowest BCUT2D eigenvalue weighted by Crippen LogP contribution is -2.71. The maximum atomic E-state index is 14.2. The standard InChI is InChI=1S/C48H38ClN5O5S2/c1-2-28-58-53-39(38-31-61-47(50-38)52-48(35-22-12-5-13-23-35,36-24-14-6-15-25-36)37-26-16-7-17-27-37)43(55)51-40-44(56)54-41(34(29-49)30-60-45(40)54)46(57)59-42(32-18-8-3-9-19-32)33-20-10-4-11-21-33/h1,3-27,31,40,42,45H,28-30H2,(H,50,52)(H,51,55)/b53-39-/t40?,45-/m1/s1. The molecule has 0 aliphatic carbocycles. The summed E-state index contributed by atoms with van der Waals surface area (Å²) in [6.45, 7) is -0.204. The number of aromatic nitrogens is 1. The van der Waals surface area contributed by atoms with E-state index >= 15 is 0 Å². The van der Waals surface area contributed by atoms with Crippen LogP contribution in [0.2, 0.25) is 0 Å². The van der Waals surface area contributed by atoms with Crippen LogP contribution in [0.4, 0.5) is 5.13 Å². The number of carbonyl (C=O) groups is 3. The maximum Gasteiger partial charge on any atom is 0.356 e. The number of hydrogen-bond donors (Lipinski definition) is 2. The highest BCUT2D eigenvalue weighted by Crippen LogP contribution is 2.43. The SMILES string of the molecule is C#CCO/N=C(\C(=O)NC1C(=O)N2C(C(=O)OC(c3ccccc3)c3ccccc3)=C(CCl)CS[C@H]12)c1csc(NC(c2ccccc2)(c2ccccc2)c2ccccc2)n1. The summed E-state index contributed by atoms with van der Waals surface area (Å²) in [5.41, 5.74) is 4.21. The minimum atomic E-state index is -1.01. The van der Waals surface area contributed by atoms with E-state index in [0.717, 1.165) is 27.8 Å². The fraction of sp³-hybridized carbons (Fsp3) is 0.146. The van der Waals surface area contributed by atoms with Crippen LogP contribution in [0.25, 0.3) is 0 Å². The number of carbonyl (C=O) groups excluding carboxylic acids is 3. The number of thiazole rings is 1. The van der Waals surface area contributed by atoms with Gasteiger partial charge < -0.3 is 20.2 Å². The highest BCUT2D eigenvalue weighted by Gasteiger charge is 2.55. The zero-order valence-corrected chi connectivity index (χ0v) is 34.9. The van der Waals surface area contributed by atoms with E-state index in [-0.39, 0.29) is 29.6 Å². The number of nitrogens with zero attached hydrogens (tertiary/aromatic N) is 3. The van der Waals surface area contributed by atoms with Crippen molar-refractivity contribution in [1.82, 2.24) is 15.2 Å². The topological polar surface area (TPSA) is 122 Å². The first kappa shape index (κ1) is 41.1. The molecule has 1 saturated heterocycles. The van der Waals surface area contributed by atoms with Gasteiger partial charge in [-0.1, -0.05) is 163 Å². The van der Waals surface area contributed by atoms with Crippen molar-refractivity contribution in [2.45, 2.75) is 23.1 Å². The molecule has 1 aromatic heterocycles. The molecule has 304 valence electrons. The van der Waals surface area contributed by atoms with E-state index in [0.29, 0.717) is 16.5 Å². The molecule has 2 atom stereocenters. The van der Waals surface area contributed by atoms with E-state index in [9.17, 15) is 14.4 Å². The Morgan fingerprint density at radius 3 is 1.89 bits per heavy atom. The Morgan fingerprint density at radius 1 is 0.852 bits per heavy atom. The zero-order chi connectivity index (χ0) is 42.2. The van der Waals surface area contributed by atoms with Crippen LogP contribution in [0.15, 0.2) is 173 Å². The average Bonchev–Trinajstić information content (AvgIpc) is 3.79. The highest BCUT2D eigenvalue weighted by atomic mass is 35.5. The maximum absolute atomic E-state index is 14.2. The number of anilines is 1. The van der Waals surface area contributed by atoms with Gasteiger partial charge in [0, 0.05) is 17.0 Å². The van der Waals surface area contributed by atoms with E-state index < -0.39 is 40.8 Å². The smallest absolute Gasteiger partial charge is 0.356 e. The molecule has 2 aliphatic rings. The molecule has 8 rings (SSSR count). The molecule has 5 aromatic carbocycles. The minimum Gasteiger partial charge on any atom is -0.448 e. The number of β-lactam (4-membered cyclic amide) rings is 1. The first-order chi connectivity index (χ1) is 29.9. The number of thioether (sulfide) groups is 1. The lowest BCUT2D eigenvalue weighted by Gasteiger charge is -2.49. The fourth-order valence-corrected chi connectivity index (χ4v) is 9.88. The zero-order valence-electron chi connectivity index (χ0n) is 32.5. The predicted molar refractivity (Wildman–Crippen MR) is 240 cm³/mol. The van der Waals surface area contributed by atoms with Crippen LogP contribution in [-0.2, 0) is 29.5 Å². The van der Waals surface area contributed by atoms with E-state index in [1.807, 2.05) is 115 Å². The number of rotatable bonds is 15. The molecule has 0 bridgehead atoms. The first-order valence-corrected chi connectivity index (χ1v) is 21.8. The Hall–Kier alpha value is -6.65. The second-order valence-corrected chi connectivity index (χ2v) is 16.2. The predicted octanol–water partition coefficient (Wildman–Crippen LogP) is 8.13. The third kappa shape index (κ3) is 8.41. The molecule has 1 fully saturated rings. The van der Waals surface area contributed by atoms with Gasteiger partial charge in [0.15, 0.2) is 23.6 Å². The molecule has 3 heterocycles. The molecule has 61 heavy (non-hydrogen) atoms. The number of oxime groups is 1. The first-order valence-electron chi connectivity index (χ1n) is 19.3. The molecular weight excluding hydrogens is 826 g/mol. The van der Waals surface area contributed by atoms with Crippen molar-refractivity contribution in [1.29, 1.82) is 0 Å². The van der Waals surface area contributed by atoms with Gasteiger partial charge in [-0.15, -0.1) is 41.1 Å². The van der Waals surface area contributed by atoms with Crippen molar-refractivity contribution in [3.05, 3.63) is 202 Å². The molecule has 6 aromatic rings. The Kier molecular flexibility index (Phi) is 12.6. The number of hydrogen-bond acceptors (Lipinski definition) is 10. The van der Waals surface area contributed by atoms with Gasteiger partial charge in [-0.2, -0.15) is 0 Å². The third-order valence-corrected chi connectivity index (χ3v) is 12.7. The lowest BCUT2D eigenvalue weighted by atomic mass is 9.77. The summed E-state index contributed by atoms with van der Waals surface area (Å²) >= 11 is 9.04. The molecule has 2 aliphatic heterocycles. The molecular formula is C48H38ClN5O5S2. The van der Waals surface area contributed by atoms with E-state index in [2.05, 4.69) is 58.1 Å². The van der Waals surface area contributed by atoms with Gasteiger partial charge in [-0.25, -0.2) is 9.78 Å². The minimum absolute atomic E-state index is 0.00984.